The lowest BCUT2D eigenvalue weighted by molar-refractivity contribution is -0.143. The molecule has 0 aliphatic carbocycles. The van der Waals surface area contributed by atoms with Crippen molar-refractivity contribution in [1.82, 2.24) is 10.2 Å². The summed E-state index contributed by atoms with van der Waals surface area (Å²) in [6.07, 6.45) is -4.00. The van der Waals surface area contributed by atoms with Gasteiger partial charge in [0.1, 0.15) is 17.9 Å². The molecule has 0 saturated carbocycles. The molecule has 1 atom stereocenters. The van der Waals surface area contributed by atoms with Gasteiger partial charge in [-0.2, -0.15) is 18.4 Å². The van der Waals surface area contributed by atoms with Crippen LogP contribution in [0.25, 0.3) is 10.1 Å². The van der Waals surface area contributed by atoms with Gasteiger partial charge >= 0.3 is 12.1 Å². The maximum atomic E-state index is 13.8. The zero-order valence-electron chi connectivity index (χ0n) is 28.9. The molecule has 0 radical (unpaired) electrons. The van der Waals surface area contributed by atoms with Crippen LogP contribution in [0.1, 0.15) is 46.5 Å². The first-order valence-corrected chi connectivity index (χ1v) is 17.4. The van der Waals surface area contributed by atoms with Gasteiger partial charge in [0, 0.05) is 44.8 Å². The van der Waals surface area contributed by atoms with Gasteiger partial charge in [-0.05, 0) is 54.5 Å². The zero-order chi connectivity index (χ0) is 37.7. The number of nitriles is 1. The Morgan fingerprint density at radius 3 is 2.58 bits per heavy atom. The molecule has 52 heavy (non-hydrogen) atoms. The Hall–Kier alpha value is -5.03. The number of hydrogen-bond donors (Lipinski definition) is 4. The maximum absolute atomic E-state index is 13.8. The molecule has 2 aromatic carbocycles. The molecule has 3 aromatic rings. The summed E-state index contributed by atoms with van der Waals surface area (Å²) in [6.45, 7) is 2.98. The van der Waals surface area contributed by atoms with Crippen LogP contribution < -0.4 is 26.4 Å². The molecule has 0 spiro atoms. The van der Waals surface area contributed by atoms with E-state index in [1.165, 1.54) is 29.5 Å². The van der Waals surface area contributed by atoms with Crippen molar-refractivity contribution in [3.8, 4) is 23.7 Å². The van der Waals surface area contributed by atoms with Gasteiger partial charge in [-0.15, -0.1) is 11.3 Å². The molecular formula is C36H41F3N6O6S. The number of carbonyl (C=O) groups is 3. The standard InChI is InChI=1S/C36H41F3N6O6S/c1-49-20-18-45-16-12-24(13-17-45)43-28-6-3-5-25-26(22-36(37,38)39)31(52-33(25)28)7-4-15-42-27-9-8-23(21-30(27)51-19-14-40)34(47)44-29(35(48)50-2)10-11-32(41)46/h3,5-6,8-9,21,24,29,42-43H,10-13,15-20,22H2,1-2H3,(H2,41,46)(H,44,47). The van der Waals surface area contributed by atoms with E-state index in [4.69, 9.17) is 25.2 Å². The Morgan fingerprint density at radius 1 is 1.13 bits per heavy atom. The molecule has 278 valence electrons. The highest BCUT2D eigenvalue weighted by atomic mass is 32.1. The van der Waals surface area contributed by atoms with E-state index in [1.54, 1.807) is 19.2 Å². The quantitative estimate of drug-likeness (QED) is 0.122. The SMILES string of the molecule is COCCN1CCC(Nc2cccc3c(CC(F)(F)F)c(C#CCNc4ccc(C(=O)NC(CCC(N)=O)C(=O)OC)cc4OCC#N)sc23)CC1. The number of primary amides is 1. The van der Waals surface area contributed by atoms with Crippen molar-refractivity contribution in [2.75, 3.05) is 64.2 Å². The molecule has 2 amide bonds. The van der Waals surface area contributed by atoms with E-state index in [0.29, 0.717) is 27.3 Å². The molecule has 1 fully saturated rings. The molecule has 2 heterocycles. The summed E-state index contributed by atoms with van der Waals surface area (Å²) < 4.78 is 57.4. The van der Waals surface area contributed by atoms with Crippen LogP contribution in [0.5, 0.6) is 5.75 Å². The van der Waals surface area contributed by atoms with Crippen LogP contribution in [0.15, 0.2) is 36.4 Å². The Kier molecular flexibility index (Phi) is 14.5. The molecule has 0 bridgehead atoms. The number of thiophene rings is 1. The number of carbonyl (C=O) groups excluding carboxylic acids is 3. The fraction of sp³-hybridized carbons (Fsp3) is 0.444. The summed E-state index contributed by atoms with van der Waals surface area (Å²) in [5, 5.41) is 18.7. The number of methoxy groups -OCH3 is 2. The summed E-state index contributed by atoms with van der Waals surface area (Å²) in [4.78, 5) is 39.0. The zero-order valence-corrected chi connectivity index (χ0v) is 29.7. The molecule has 1 aromatic heterocycles. The molecule has 1 saturated heterocycles. The predicted molar refractivity (Wildman–Crippen MR) is 191 cm³/mol. The van der Waals surface area contributed by atoms with Crippen molar-refractivity contribution in [2.45, 2.75) is 50.4 Å². The summed E-state index contributed by atoms with van der Waals surface area (Å²) in [5.74, 6) is 3.88. The van der Waals surface area contributed by atoms with Crippen LogP contribution in [0, 0.1) is 23.2 Å². The smallest absolute Gasteiger partial charge is 0.393 e. The lowest BCUT2D eigenvalue weighted by Gasteiger charge is -2.32. The summed E-state index contributed by atoms with van der Waals surface area (Å²) in [7, 11) is 2.82. The molecule has 1 unspecified atom stereocenters. The molecule has 12 nitrogen and oxygen atoms in total. The average molecular weight is 743 g/mol. The second kappa shape index (κ2) is 19.0. The van der Waals surface area contributed by atoms with Gasteiger partial charge < -0.3 is 40.8 Å². The minimum Gasteiger partial charge on any atom is -0.477 e. The number of benzene rings is 2. The van der Waals surface area contributed by atoms with Gasteiger partial charge in [0.25, 0.3) is 5.91 Å². The highest BCUT2D eigenvalue weighted by Gasteiger charge is 2.31. The first kappa shape index (κ1) is 39.8. The van der Waals surface area contributed by atoms with E-state index in [-0.39, 0.29) is 48.9 Å². The number of nitrogens with one attached hydrogen (secondary N) is 3. The van der Waals surface area contributed by atoms with Crippen molar-refractivity contribution in [2.24, 2.45) is 5.73 Å². The Morgan fingerprint density at radius 2 is 1.90 bits per heavy atom. The highest BCUT2D eigenvalue weighted by Crippen LogP contribution is 2.39. The molecule has 1 aliphatic rings. The van der Waals surface area contributed by atoms with Crippen molar-refractivity contribution in [1.29, 1.82) is 5.26 Å². The monoisotopic (exact) mass is 742 g/mol. The second-order valence-electron chi connectivity index (χ2n) is 12.0. The van der Waals surface area contributed by atoms with E-state index in [1.807, 2.05) is 12.1 Å². The minimum absolute atomic E-state index is 0.00154. The topological polar surface area (TPSA) is 168 Å². The van der Waals surface area contributed by atoms with Crippen LogP contribution in [-0.2, 0) is 25.5 Å². The van der Waals surface area contributed by atoms with Gasteiger partial charge in [0.05, 0.1) is 47.6 Å². The lowest BCUT2D eigenvalue weighted by atomic mass is 10.0. The van der Waals surface area contributed by atoms with Gasteiger partial charge in [-0.1, -0.05) is 24.0 Å². The number of amides is 2. The first-order valence-electron chi connectivity index (χ1n) is 16.5. The fourth-order valence-corrected chi connectivity index (χ4v) is 6.90. The number of hydrogen-bond acceptors (Lipinski definition) is 11. The number of fused-ring (bicyclic) bond motifs is 1. The number of likely N-dealkylation sites (tertiary alicyclic amines) is 1. The largest absolute Gasteiger partial charge is 0.477 e. The van der Waals surface area contributed by atoms with Gasteiger partial charge in [0.2, 0.25) is 5.91 Å². The Labute approximate surface area is 303 Å². The number of anilines is 2. The van der Waals surface area contributed by atoms with E-state index in [2.05, 4.69) is 32.7 Å². The number of alkyl halides is 3. The molecule has 4 rings (SSSR count). The van der Waals surface area contributed by atoms with Crippen LogP contribution >= 0.6 is 11.3 Å². The average Bonchev–Trinajstić information content (AvgIpc) is 3.46. The number of rotatable bonds is 16. The molecule has 16 heteroatoms. The molecule has 5 N–H and O–H groups in total. The number of piperidine rings is 1. The van der Waals surface area contributed by atoms with Crippen molar-refractivity contribution >= 4 is 50.6 Å². The van der Waals surface area contributed by atoms with E-state index < -0.39 is 36.4 Å². The summed E-state index contributed by atoms with van der Waals surface area (Å²) in [6, 6.07) is 10.5. The van der Waals surface area contributed by atoms with Crippen molar-refractivity contribution in [3.05, 3.63) is 52.4 Å². The third-order valence-electron chi connectivity index (χ3n) is 8.33. The fourth-order valence-electron chi connectivity index (χ4n) is 5.72. The van der Waals surface area contributed by atoms with Crippen molar-refractivity contribution < 1.29 is 41.8 Å². The normalized spacial score (nSPS) is 14.1. The highest BCUT2D eigenvalue weighted by molar-refractivity contribution is 7.20. The number of ether oxygens (including phenoxy) is 3. The second-order valence-corrected chi connectivity index (χ2v) is 13.0. The van der Waals surface area contributed by atoms with E-state index in [9.17, 15) is 27.6 Å². The summed E-state index contributed by atoms with van der Waals surface area (Å²) in [5.41, 5.74) is 6.52. The van der Waals surface area contributed by atoms with E-state index >= 15 is 0 Å². The van der Waals surface area contributed by atoms with Crippen molar-refractivity contribution in [3.63, 3.8) is 0 Å². The van der Waals surface area contributed by atoms with Crippen LogP contribution in [-0.4, -0.2) is 94.6 Å². The van der Waals surface area contributed by atoms with Gasteiger partial charge in [-0.3, -0.25) is 9.59 Å². The number of nitrogens with zero attached hydrogens (tertiary/aromatic N) is 2. The third kappa shape index (κ3) is 11.5. The minimum atomic E-state index is -4.44. The molecule has 1 aliphatic heterocycles. The number of esters is 1. The first-order chi connectivity index (χ1) is 24.9. The predicted octanol–water partition coefficient (Wildman–Crippen LogP) is 4.43. The van der Waals surface area contributed by atoms with Gasteiger partial charge in [-0.25, -0.2) is 4.79 Å². The number of halogens is 3. The lowest BCUT2D eigenvalue weighted by Crippen LogP contribution is -2.42. The van der Waals surface area contributed by atoms with Crippen LogP contribution in [0.4, 0.5) is 24.5 Å². The molecular weight excluding hydrogens is 701 g/mol. The van der Waals surface area contributed by atoms with E-state index in [0.717, 1.165) is 45.3 Å². The maximum Gasteiger partial charge on any atom is 0.393 e. The number of nitrogens with two attached hydrogens (primary N) is 1. The third-order valence-corrected chi connectivity index (χ3v) is 9.53. The Bertz CT molecular complexity index is 1820. The van der Waals surface area contributed by atoms with Gasteiger partial charge in [0.15, 0.2) is 6.61 Å². The summed E-state index contributed by atoms with van der Waals surface area (Å²) >= 11 is 1.22. The van der Waals surface area contributed by atoms with Crippen LogP contribution in [0.2, 0.25) is 0 Å². The Balaban J connectivity index is 1.51. The van der Waals surface area contributed by atoms with Crippen LogP contribution in [0.3, 0.4) is 0 Å².